The smallest absolute Gasteiger partial charge is 0.320 e. The molecule has 2 N–H and O–H groups in total. The number of hydrogen-bond acceptors (Lipinski definition) is 5. The standard InChI is InChI=1S/C15H18F2N6O2/c1-15(2,3)23-8-9(7-18)6-10(23)20-14(24)19-5-4-11-21-13(12(16)17)22-25-11/h6,8,12H,4-5H2,1-3H3,(H2,19,20,24). The summed E-state index contributed by atoms with van der Waals surface area (Å²) >= 11 is 0. The summed E-state index contributed by atoms with van der Waals surface area (Å²) in [6.07, 6.45) is -1.02. The van der Waals surface area contributed by atoms with Crippen molar-refractivity contribution < 1.29 is 18.1 Å². The van der Waals surface area contributed by atoms with E-state index in [4.69, 9.17) is 5.26 Å². The number of halogens is 2. The number of carbonyl (C=O) groups excluding carboxylic acids is 1. The van der Waals surface area contributed by atoms with Crippen molar-refractivity contribution in [2.75, 3.05) is 11.9 Å². The van der Waals surface area contributed by atoms with Gasteiger partial charge in [-0.1, -0.05) is 5.16 Å². The van der Waals surface area contributed by atoms with E-state index in [9.17, 15) is 13.6 Å². The van der Waals surface area contributed by atoms with Crippen LogP contribution in [0.15, 0.2) is 16.8 Å². The minimum absolute atomic E-state index is 0.0143. The topological polar surface area (TPSA) is 109 Å². The van der Waals surface area contributed by atoms with Crippen molar-refractivity contribution in [1.29, 1.82) is 5.26 Å². The van der Waals surface area contributed by atoms with Crippen LogP contribution in [0.1, 0.15) is 44.5 Å². The number of rotatable bonds is 5. The molecular weight excluding hydrogens is 334 g/mol. The second-order valence-corrected chi connectivity index (χ2v) is 6.24. The molecule has 0 radical (unpaired) electrons. The molecule has 0 aliphatic carbocycles. The molecule has 10 heteroatoms. The van der Waals surface area contributed by atoms with Crippen LogP contribution >= 0.6 is 0 Å². The first kappa shape index (κ1) is 18.4. The van der Waals surface area contributed by atoms with Crippen LogP contribution in [0.3, 0.4) is 0 Å². The molecule has 2 amide bonds. The molecule has 0 unspecified atom stereocenters. The third-order valence-electron chi connectivity index (χ3n) is 3.22. The number of carbonyl (C=O) groups is 1. The number of nitrogens with zero attached hydrogens (tertiary/aromatic N) is 4. The molecule has 0 saturated heterocycles. The molecule has 0 spiro atoms. The van der Waals surface area contributed by atoms with Gasteiger partial charge in [0, 0.05) is 24.7 Å². The van der Waals surface area contributed by atoms with Crippen molar-refractivity contribution in [3.63, 3.8) is 0 Å². The van der Waals surface area contributed by atoms with Crippen LogP contribution in [0.25, 0.3) is 0 Å². The molecule has 25 heavy (non-hydrogen) atoms. The van der Waals surface area contributed by atoms with E-state index in [1.165, 1.54) is 0 Å². The van der Waals surface area contributed by atoms with E-state index < -0.39 is 18.3 Å². The molecule has 0 aliphatic heterocycles. The number of nitrogens with one attached hydrogen (secondary N) is 2. The Morgan fingerprint density at radius 2 is 2.20 bits per heavy atom. The highest BCUT2D eigenvalue weighted by Gasteiger charge is 2.19. The third-order valence-corrected chi connectivity index (χ3v) is 3.22. The van der Waals surface area contributed by atoms with E-state index >= 15 is 0 Å². The number of hydrogen-bond donors (Lipinski definition) is 2. The lowest BCUT2D eigenvalue weighted by Gasteiger charge is -2.24. The molecule has 2 aromatic heterocycles. The van der Waals surface area contributed by atoms with E-state index in [0.717, 1.165) is 0 Å². The Hall–Kier alpha value is -2.96. The van der Waals surface area contributed by atoms with Gasteiger partial charge >= 0.3 is 12.5 Å². The van der Waals surface area contributed by atoms with Crippen LogP contribution in [0.5, 0.6) is 0 Å². The number of amides is 2. The fourth-order valence-electron chi connectivity index (χ4n) is 2.08. The zero-order chi connectivity index (χ0) is 18.6. The van der Waals surface area contributed by atoms with Gasteiger partial charge in [0.15, 0.2) is 0 Å². The molecular formula is C15H18F2N6O2. The largest absolute Gasteiger partial charge is 0.339 e. The first-order chi connectivity index (χ1) is 11.7. The van der Waals surface area contributed by atoms with Gasteiger partial charge in [0.1, 0.15) is 11.9 Å². The van der Waals surface area contributed by atoms with E-state index in [1.54, 1.807) is 16.8 Å². The van der Waals surface area contributed by atoms with Gasteiger partial charge in [0.25, 0.3) is 0 Å². The van der Waals surface area contributed by atoms with Crippen LogP contribution in [0.4, 0.5) is 19.4 Å². The molecule has 0 atom stereocenters. The van der Waals surface area contributed by atoms with Gasteiger partial charge in [0.05, 0.1) is 5.56 Å². The average Bonchev–Trinajstić information content (AvgIpc) is 3.13. The Bertz CT molecular complexity index is 785. The number of anilines is 1. The highest BCUT2D eigenvalue weighted by atomic mass is 19.3. The molecule has 0 aliphatic rings. The number of nitriles is 1. The number of aromatic nitrogens is 3. The van der Waals surface area contributed by atoms with Crippen LogP contribution < -0.4 is 10.6 Å². The second-order valence-electron chi connectivity index (χ2n) is 6.24. The predicted octanol–water partition coefficient (Wildman–Crippen LogP) is 2.80. The molecule has 8 nitrogen and oxygen atoms in total. The van der Waals surface area contributed by atoms with Crippen molar-refractivity contribution in [3.05, 3.63) is 29.5 Å². The van der Waals surface area contributed by atoms with Crippen LogP contribution in [0.2, 0.25) is 0 Å². The maximum Gasteiger partial charge on any atom is 0.320 e. The highest BCUT2D eigenvalue weighted by molar-refractivity contribution is 5.88. The maximum atomic E-state index is 12.3. The predicted molar refractivity (Wildman–Crippen MR) is 84.1 cm³/mol. The SMILES string of the molecule is CC(C)(C)n1cc(C#N)cc1NC(=O)NCCc1nc(C(F)F)no1. The van der Waals surface area contributed by atoms with Gasteiger partial charge < -0.3 is 14.4 Å². The number of urea groups is 1. The van der Waals surface area contributed by atoms with Crippen molar-refractivity contribution in [3.8, 4) is 6.07 Å². The zero-order valence-electron chi connectivity index (χ0n) is 14.0. The summed E-state index contributed by atoms with van der Waals surface area (Å²) in [6.45, 7) is 5.94. The molecule has 0 aromatic carbocycles. The van der Waals surface area contributed by atoms with Crippen molar-refractivity contribution in [2.45, 2.75) is 39.2 Å². The van der Waals surface area contributed by atoms with Gasteiger partial charge in [-0.2, -0.15) is 10.2 Å². The lowest BCUT2D eigenvalue weighted by molar-refractivity contribution is 0.136. The quantitative estimate of drug-likeness (QED) is 0.860. The lowest BCUT2D eigenvalue weighted by atomic mass is 10.1. The van der Waals surface area contributed by atoms with Gasteiger partial charge in [0.2, 0.25) is 11.7 Å². The first-order valence-corrected chi connectivity index (χ1v) is 7.49. The summed E-state index contributed by atoms with van der Waals surface area (Å²) in [5.74, 6) is -0.189. The Morgan fingerprint density at radius 3 is 2.76 bits per heavy atom. The molecule has 0 fully saturated rings. The van der Waals surface area contributed by atoms with Gasteiger partial charge in [-0.05, 0) is 26.8 Å². The van der Waals surface area contributed by atoms with Crippen LogP contribution in [-0.2, 0) is 12.0 Å². The number of alkyl halides is 2. The summed E-state index contributed by atoms with van der Waals surface area (Å²) in [5.41, 5.74) is 0.100. The van der Waals surface area contributed by atoms with Gasteiger partial charge in [-0.25, -0.2) is 13.6 Å². The highest BCUT2D eigenvalue weighted by Crippen LogP contribution is 2.23. The fourth-order valence-corrected chi connectivity index (χ4v) is 2.08. The minimum atomic E-state index is -2.80. The third kappa shape index (κ3) is 4.76. The normalized spacial score (nSPS) is 11.4. The van der Waals surface area contributed by atoms with E-state index in [2.05, 4.69) is 25.3 Å². The van der Waals surface area contributed by atoms with Crippen molar-refractivity contribution in [2.24, 2.45) is 0 Å². The Balaban J connectivity index is 1.92. The molecule has 2 rings (SSSR count). The summed E-state index contributed by atoms with van der Waals surface area (Å²) in [4.78, 5) is 15.5. The lowest BCUT2D eigenvalue weighted by Crippen LogP contribution is -2.33. The van der Waals surface area contributed by atoms with Crippen LogP contribution in [0, 0.1) is 11.3 Å². The molecule has 0 bridgehead atoms. The van der Waals surface area contributed by atoms with Crippen molar-refractivity contribution >= 4 is 11.8 Å². The fraction of sp³-hybridized carbons (Fsp3) is 0.467. The summed E-state index contributed by atoms with van der Waals surface area (Å²) in [5, 5.41) is 17.4. The van der Waals surface area contributed by atoms with E-state index in [-0.39, 0.29) is 24.4 Å². The van der Waals surface area contributed by atoms with Gasteiger partial charge in [-0.15, -0.1) is 0 Å². The molecule has 2 aromatic rings. The molecule has 134 valence electrons. The van der Waals surface area contributed by atoms with Crippen molar-refractivity contribution in [1.82, 2.24) is 20.0 Å². The van der Waals surface area contributed by atoms with E-state index in [1.807, 2.05) is 26.8 Å². The molecule has 0 saturated carbocycles. The summed E-state index contributed by atoms with van der Waals surface area (Å²) in [6, 6.07) is 3.10. The van der Waals surface area contributed by atoms with E-state index in [0.29, 0.717) is 11.4 Å². The Labute approximate surface area is 142 Å². The van der Waals surface area contributed by atoms with Gasteiger partial charge in [-0.3, -0.25) is 5.32 Å². The minimum Gasteiger partial charge on any atom is -0.339 e. The second kappa shape index (κ2) is 7.29. The zero-order valence-corrected chi connectivity index (χ0v) is 14.0. The molecule has 2 heterocycles. The summed E-state index contributed by atoms with van der Waals surface area (Å²) < 4.78 is 31.1. The monoisotopic (exact) mass is 352 g/mol. The summed E-state index contributed by atoms with van der Waals surface area (Å²) in [7, 11) is 0. The first-order valence-electron chi connectivity index (χ1n) is 7.49. The maximum absolute atomic E-state index is 12.3. The Kier molecular flexibility index (Phi) is 5.36. The van der Waals surface area contributed by atoms with Crippen LogP contribution in [-0.4, -0.2) is 27.3 Å². The Morgan fingerprint density at radius 1 is 1.48 bits per heavy atom. The average molecular weight is 352 g/mol.